The molecule has 0 aliphatic carbocycles. The van der Waals surface area contributed by atoms with Crippen molar-refractivity contribution in [3.8, 4) is 11.5 Å². The number of ether oxygens (including phenoxy) is 2. The van der Waals surface area contributed by atoms with Gasteiger partial charge in [0.05, 0.1) is 16.2 Å². The summed E-state index contributed by atoms with van der Waals surface area (Å²) in [5.74, 6) is 0.613. The van der Waals surface area contributed by atoms with Crippen molar-refractivity contribution in [2.75, 3.05) is 24.3 Å². The molecule has 2 aromatic rings. The Morgan fingerprint density at radius 3 is 2.54 bits per heavy atom. The molecule has 24 heavy (non-hydrogen) atoms. The van der Waals surface area contributed by atoms with E-state index >= 15 is 0 Å². The van der Waals surface area contributed by atoms with Gasteiger partial charge in [0.2, 0.25) is 0 Å². The summed E-state index contributed by atoms with van der Waals surface area (Å²) in [5.41, 5.74) is 0.627. The van der Waals surface area contributed by atoms with Crippen molar-refractivity contribution in [2.24, 2.45) is 0 Å². The summed E-state index contributed by atoms with van der Waals surface area (Å²) in [6, 6.07) is 11.2. The molecule has 1 N–H and O–H groups in total. The number of carbonyl (C=O) groups is 1. The van der Waals surface area contributed by atoms with E-state index in [4.69, 9.17) is 9.47 Å². The first-order valence-corrected chi connectivity index (χ1v) is 9.19. The molecular weight excluding hydrogens is 330 g/mol. The molecule has 0 bridgehead atoms. The molecule has 0 spiro atoms. The number of hydrogen-bond acceptors (Lipinski definition) is 5. The summed E-state index contributed by atoms with van der Waals surface area (Å²) in [7, 11) is -3.49. The molecular formula is C17H17NO5S. The standard InChI is InChI=1S/C17H17NO5S/c1-2-24(20,21)16-6-4-3-5-13(16)17(19)18-12-7-8-14-15(11-12)23-10-9-22-14/h3-8,11H,2,9-10H2,1H3,(H,18,19). The van der Waals surface area contributed by atoms with Crippen molar-refractivity contribution in [3.05, 3.63) is 48.0 Å². The fourth-order valence-corrected chi connectivity index (χ4v) is 3.49. The van der Waals surface area contributed by atoms with Crippen molar-refractivity contribution in [2.45, 2.75) is 11.8 Å². The Balaban J connectivity index is 1.89. The smallest absolute Gasteiger partial charge is 0.256 e. The number of anilines is 1. The average molecular weight is 347 g/mol. The Morgan fingerprint density at radius 1 is 1.08 bits per heavy atom. The molecule has 1 aliphatic heterocycles. The van der Waals surface area contributed by atoms with Crippen LogP contribution in [0, 0.1) is 0 Å². The van der Waals surface area contributed by atoms with E-state index in [1.165, 1.54) is 12.1 Å². The number of fused-ring (bicyclic) bond motifs is 1. The number of nitrogens with one attached hydrogen (secondary N) is 1. The first-order valence-electron chi connectivity index (χ1n) is 7.54. The topological polar surface area (TPSA) is 81.7 Å². The second-order valence-electron chi connectivity index (χ2n) is 5.21. The molecule has 7 heteroatoms. The Hall–Kier alpha value is -2.54. The van der Waals surface area contributed by atoms with Crippen LogP contribution >= 0.6 is 0 Å². The van der Waals surface area contributed by atoms with Gasteiger partial charge in [0.25, 0.3) is 5.91 Å². The Kier molecular flexibility index (Phi) is 4.44. The highest BCUT2D eigenvalue weighted by Crippen LogP contribution is 2.32. The largest absolute Gasteiger partial charge is 0.486 e. The summed E-state index contributed by atoms with van der Waals surface area (Å²) in [5, 5.41) is 2.71. The van der Waals surface area contributed by atoms with Crippen LogP contribution in [0.4, 0.5) is 5.69 Å². The lowest BCUT2D eigenvalue weighted by Gasteiger charge is -2.19. The molecule has 1 amide bonds. The van der Waals surface area contributed by atoms with Crippen LogP contribution in [-0.4, -0.2) is 33.3 Å². The zero-order valence-corrected chi connectivity index (χ0v) is 13.9. The van der Waals surface area contributed by atoms with Gasteiger partial charge in [0.15, 0.2) is 21.3 Å². The number of rotatable bonds is 4. The molecule has 126 valence electrons. The van der Waals surface area contributed by atoms with Crippen molar-refractivity contribution in [1.82, 2.24) is 0 Å². The summed E-state index contributed by atoms with van der Waals surface area (Å²) in [6.45, 7) is 2.48. The lowest BCUT2D eigenvalue weighted by Crippen LogP contribution is -2.18. The van der Waals surface area contributed by atoms with Gasteiger partial charge in [0, 0.05) is 11.8 Å². The van der Waals surface area contributed by atoms with Gasteiger partial charge in [-0.25, -0.2) is 8.42 Å². The van der Waals surface area contributed by atoms with Crippen molar-refractivity contribution >= 4 is 21.4 Å². The van der Waals surface area contributed by atoms with E-state index in [2.05, 4.69) is 5.32 Å². The Bertz CT molecular complexity index is 876. The van der Waals surface area contributed by atoms with E-state index in [0.29, 0.717) is 30.4 Å². The molecule has 2 aromatic carbocycles. The number of hydrogen-bond donors (Lipinski definition) is 1. The summed E-state index contributed by atoms with van der Waals surface area (Å²) >= 11 is 0. The lowest BCUT2D eigenvalue weighted by atomic mass is 10.2. The number of amides is 1. The Labute approximate surface area is 140 Å². The summed E-state index contributed by atoms with van der Waals surface area (Å²) in [4.78, 5) is 12.5. The van der Waals surface area contributed by atoms with Gasteiger partial charge in [0.1, 0.15) is 13.2 Å². The molecule has 0 saturated heterocycles. The lowest BCUT2D eigenvalue weighted by molar-refractivity contribution is 0.102. The van der Waals surface area contributed by atoms with Crippen molar-refractivity contribution in [1.29, 1.82) is 0 Å². The minimum atomic E-state index is -3.49. The van der Waals surface area contributed by atoms with E-state index in [9.17, 15) is 13.2 Å². The van der Waals surface area contributed by atoms with E-state index in [1.807, 2.05) is 0 Å². The molecule has 0 saturated carbocycles. The predicted molar refractivity (Wildman–Crippen MR) is 89.6 cm³/mol. The maximum Gasteiger partial charge on any atom is 0.256 e. The molecule has 1 aliphatic rings. The van der Waals surface area contributed by atoms with Gasteiger partial charge in [-0.05, 0) is 24.3 Å². The summed E-state index contributed by atoms with van der Waals surface area (Å²) in [6.07, 6.45) is 0. The zero-order chi connectivity index (χ0) is 17.2. The highest BCUT2D eigenvalue weighted by Gasteiger charge is 2.21. The zero-order valence-electron chi connectivity index (χ0n) is 13.1. The maximum absolute atomic E-state index is 12.5. The molecule has 0 fully saturated rings. The van der Waals surface area contributed by atoms with Crippen molar-refractivity contribution < 1.29 is 22.7 Å². The van der Waals surface area contributed by atoms with E-state index in [1.54, 1.807) is 37.3 Å². The molecule has 1 heterocycles. The molecule has 6 nitrogen and oxygen atoms in total. The number of benzene rings is 2. The van der Waals surface area contributed by atoms with Crippen LogP contribution in [0.5, 0.6) is 11.5 Å². The van der Waals surface area contributed by atoms with E-state index in [-0.39, 0.29) is 16.2 Å². The van der Waals surface area contributed by atoms with Crippen LogP contribution in [0.2, 0.25) is 0 Å². The minimum absolute atomic E-state index is 0.0301. The Morgan fingerprint density at radius 2 is 1.79 bits per heavy atom. The van der Waals surface area contributed by atoms with Gasteiger partial charge >= 0.3 is 0 Å². The third kappa shape index (κ3) is 3.21. The van der Waals surface area contributed by atoms with Gasteiger partial charge in [-0.1, -0.05) is 19.1 Å². The monoisotopic (exact) mass is 347 g/mol. The summed E-state index contributed by atoms with van der Waals surface area (Å²) < 4.78 is 35.2. The SMILES string of the molecule is CCS(=O)(=O)c1ccccc1C(=O)Nc1ccc2c(c1)OCCO2. The first kappa shape index (κ1) is 16.3. The van der Waals surface area contributed by atoms with Crippen LogP contribution in [0.15, 0.2) is 47.4 Å². The van der Waals surface area contributed by atoms with Gasteiger partial charge in [-0.15, -0.1) is 0 Å². The van der Waals surface area contributed by atoms with Crippen LogP contribution < -0.4 is 14.8 Å². The van der Waals surface area contributed by atoms with Gasteiger partial charge < -0.3 is 14.8 Å². The van der Waals surface area contributed by atoms with Crippen LogP contribution in [0.1, 0.15) is 17.3 Å². The molecule has 3 rings (SSSR count). The van der Waals surface area contributed by atoms with Crippen LogP contribution in [0.3, 0.4) is 0 Å². The third-order valence-corrected chi connectivity index (χ3v) is 5.43. The van der Waals surface area contributed by atoms with Crippen LogP contribution in [0.25, 0.3) is 0 Å². The first-order chi connectivity index (χ1) is 11.5. The predicted octanol–water partition coefficient (Wildman–Crippen LogP) is 2.50. The normalized spacial score (nSPS) is 13.4. The van der Waals surface area contributed by atoms with E-state index < -0.39 is 15.7 Å². The van der Waals surface area contributed by atoms with Gasteiger partial charge in [-0.3, -0.25) is 4.79 Å². The minimum Gasteiger partial charge on any atom is -0.486 e. The van der Waals surface area contributed by atoms with Crippen molar-refractivity contribution in [3.63, 3.8) is 0 Å². The molecule has 0 unspecified atom stereocenters. The third-order valence-electron chi connectivity index (χ3n) is 3.65. The fraction of sp³-hybridized carbons (Fsp3) is 0.235. The van der Waals surface area contributed by atoms with Crippen LogP contribution in [-0.2, 0) is 9.84 Å². The quantitative estimate of drug-likeness (QED) is 0.919. The second-order valence-corrected chi connectivity index (χ2v) is 7.46. The fourth-order valence-electron chi connectivity index (χ4n) is 2.40. The highest BCUT2D eigenvalue weighted by molar-refractivity contribution is 7.91. The highest BCUT2D eigenvalue weighted by atomic mass is 32.2. The molecule has 0 aromatic heterocycles. The maximum atomic E-state index is 12.5. The second kappa shape index (κ2) is 6.52. The molecule has 0 radical (unpaired) electrons. The number of sulfone groups is 1. The van der Waals surface area contributed by atoms with E-state index in [0.717, 1.165) is 0 Å². The van der Waals surface area contributed by atoms with Gasteiger partial charge in [-0.2, -0.15) is 0 Å². The average Bonchev–Trinajstić information content (AvgIpc) is 2.61. The number of carbonyl (C=O) groups excluding carboxylic acids is 1. The molecule has 0 atom stereocenters.